The SMILES string of the molecule is CCC(C)[C@H](N)C(=O)NC(C)CS(C)=O. The van der Waals surface area contributed by atoms with E-state index in [0.29, 0.717) is 5.75 Å². The molecule has 90 valence electrons. The Kier molecular flexibility index (Phi) is 6.76. The first-order valence-corrected chi connectivity index (χ1v) is 6.97. The molecule has 0 saturated heterocycles. The highest BCUT2D eigenvalue weighted by Gasteiger charge is 2.20. The summed E-state index contributed by atoms with van der Waals surface area (Å²) in [4.78, 5) is 11.6. The zero-order valence-electron chi connectivity index (χ0n) is 9.95. The van der Waals surface area contributed by atoms with Gasteiger partial charge in [0.25, 0.3) is 0 Å². The van der Waals surface area contributed by atoms with E-state index in [-0.39, 0.29) is 17.9 Å². The van der Waals surface area contributed by atoms with E-state index >= 15 is 0 Å². The number of nitrogens with one attached hydrogen (secondary N) is 1. The van der Waals surface area contributed by atoms with Gasteiger partial charge in [-0.25, -0.2) is 0 Å². The number of hydrogen-bond donors (Lipinski definition) is 2. The Morgan fingerprint density at radius 1 is 1.47 bits per heavy atom. The molecule has 0 fully saturated rings. The van der Waals surface area contributed by atoms with Crippen molar-refractivity contribution in [3.05, 3.63) is 0 Å². The summed E-state index contributed by atoms with van der Waals surface area (Å²) in [5, 5.41) is 2.77. The molecule has 1 amide bonds. The average Bonchev–Trinajstić information content (AvgIpc) is 2.13. The van der Waals surface area contributed by atoms with E-state index in [1.807, 2.05) is 20.8 Å². The molecule has 5 heteroatoms. The van der Waals surface area contributed by atoms with Gasteiger partial charge in [-0.3, -0.25) is 9.00 Å². The third kappa shape index (κ3) is 5.89. The van der Waals surface area contributed by atoms with Crippen molar-refractivity contribution in [1.29, 1.82) is 0 Å². The molecule has 15 heavy (non-hydrogen) atoms. The van der Waals surface area contributed by atoms with Crippen LogP contribution in [0.2, 0.25) is 0 Å². The molecule has 0 saturated carbocycles. The summed E-state index contributed by atoms with van der Waals surface area (Å²) in [6, 6.07) is -0.554. The van der Waals surface area contributed by atoms with Crippen molar-refractivity contribution >= 4 is 16.7 Å². The molecular weight excluding hydrogens is 212 g/mol. The van der Waals surface area contributed by atoms with E-state index in [9.17, 15) is 9.00 Å². The van der Waals surface area contributed by atoms with Crippen LogP contribution in [0.5, 0.6) is 0 Å². The molecule has 0 bridgehead atoms. The van der Waals surface area contributed by atoms with Crippen molar-refractivity contribution in [2.24, 2.45) is 11.7 Å². The van der Waals surface area contributed by atoms with E-state index < -0.39 is 16.8 Å². The summed E-state index contributed by atoms with van der Waals surface area (Å²) < 4.78 is 10.9. The van der Waals surface area contributed by atoms with E-state index in [2.05, 4.69) is 5.32 Å². The maximum absolute atomic E-state index is 11.6. The monoisotopic (exact) mass is 234 g/mol. The smallest absolute Gasteiger partial charge is 0.237 e. The van der Waals surface area contributed by atoms with Crippen molar-refractivity contribution in [2.75, 3.05) is 12.0 Å². The van der Waals surface area contributed by atoms with Gasteiger partial charge in [0.1, 0.15) is 0 Å². The number of amides is 1. The minimum atomic E-state index is -0.893. The molecule has 0 aliphatic heterocycles. The van der Waals surface area contributed by atoms with Gasteiger partial charge in [-0.1, -0.05) is 20.3 Å². The van der Waals surface area contributed by atoms with E-state index in [0.717, 1.165) is 6.42 Å². The Bertz CT molecular complexity index is 233. The number of carbonyl (C=O) groups excluding carboxylic acids is 1. The van der Waals surface area contributed by atoms with Crippen LogP contribution < -0.4 is 11.1 Å². The van der Waals surface area contributed by atoms with Gasteiger partial charge in [-0.05, 0) is 12.8 Å². The van der Waals surface area contributed by atoms with Crippen LogP contribution in [-0.4, -0.2) is 34.2 Å². The first-order valence-electron chi connectivity index (χ1n) is 5.24. The summed E-state index contributed by atoms with van der Waals surface area (Å²) in [6.45, 7) is 5.79. The van der Waals surface area contributed by atoms with Gasteiger partial charge in [0.2, 0.25) is 5.91 Å². The van der Waals surface area contributed by atoms with Gasteiger partial charge in [-0.2, -0.15) is 0 Å². The standard InChI is InChI=1S/C10H22N2O2S/c1-5-7(2)9(11)10(13)12-8(3)6-15(4)14/h7-9H,5-6,11H2,1-4H3,(H,12,13)/t7?,8?,9-,15?/m0/s1. The Hall–Kier alpha value is -0.420. The molecule has 0 heterocycles. The van der Waals surface area contributed by atoms with Crippen LogP contribution in [0.1, 0.15) is 27.2 Å². The number of nitrogens with two attached hydrogens (primary N) is 1. The van der Waals surface area contributed by atoms with Gasteiger partial charge < -0.3 is 11.1 Å². The Labute approximate surface area is 94.4 Å². The normalized spacial score (nSPS) is 19.0. The van der Waals surface area contributed by atoms with Crippen molar-refractivity contribution in [2.45, 2.75) is 39.3 Å². The Balaban J connectivity index is 4.06. The maximum Gasteiger partial charge on any atom is 0.237 e. The molecule has 0 aliphatic carbocycles. The fourth-order valence-corrected chi connectivity index (χ4v) is 2.03. The maximum atomic E-state index is 11.6. The summed E-state index contributed by atoms with van der Waals surface area (Å²) >= 11 is 0. The average molecular weight is 234 g/mol. The molecule has 4 nitrogen and oxygen atoms in total. The number of hydrogen-bond acceptors (Lipinski definition) is 3. The third-order valence-corrected chi connectivity index (χ3v) is 3.40. The van der Waals surface area contributed by atoms with Crippen LogP contribution in [0.15, 0.2) is 0 Å². The Morgan fingerprint density at radius 3 is 2.40 bits per heavy atom. The van der Waals surface area contributed by atoms with Crippen molar-refractivity contribution in [3.63, 3.8) is 0 Å². The van der Waals surface area contributed by atoms with Gasteiger partial charge in [0.05, 0.1) is 6.04 Å². The number of rotatable bonds is 6. The molecule has 4 atom stereocenters. The van der Waals surface area contributed by atoms with Crippen molar-refractivity contribution in [1.82, 2.24) is 5.32 Å². The highest BCUT2D eigenvalue weighted by Crippen LogP contribution is 2.05. The molecule has 0 aromatic heterocycles. The molecule has 0 aliphatic rings. The lowest BCUT2D eigenvalue weighted by Gasteiger charge is -2.20. The molecule has 0 aromatic rings. The lowest BCUT2D eigenvalue weighted by atomic mass is 9.99. The molecular formula is C10H22N2O2S. The minimum Gasteiger partial charge on any atom is -0.351 e. The topological polar surface area (TPSA) is 72.2 Å². The van der Waals surface area contributed by atoms with Gasteiger partial charge in [0.15, 0.2) is 0 Å². The minimum absolute atomic E-state index is 0.0848. The Morgan fingerprint density at radius 2 is 2.00 bits per heavy atom. The molecule has 0 spiro atoms. The molecule has 3 N–H and O–H groups in total. The fourth-order valence-electron chi connectivity index (χ4n) is 1.25. The molecule has 0 radical (unpaired) electrons. The lowest BCUT2D eigenvalue weighted by Crippen LogP contribution is -2.48. The zero-order chi connectivity index (χ0) is 12.0. The van der Waals surface area contributed by atoms with Gasteiger partial charge in [0, 0.05) is 28.9 Å². The van der Waals surface area contributed by atoms with E-state index in [1.165, 1.54) is 0 Å². The van der Waals surface area contributed by atoms with E-state index in [1.54, 1.807) is 6.26 Å². The quantitative estimate of drug-likeness (QED) is 0.691. The summed E-state index contributed by atoms with van der Waals surface area (Å²) in [5.74, 6) is 0.491. The lowest BCUT2D eigenvalue weighted by molar-refractivity contribution is -0.123. The second-order valence-electron chi connectivity index (χ2n) is 4.06. The van der Waals surface area contributed by atoms with Gasteiger partial charge >= 0.3 is 0 Å². The predicted molar refractivity (Wildman–Crippen MR) is 64.0 cm³/mol. The largest absolute Gasteiger partial charge is 0.351 e. The van der Waals surface area contributed by atoms with Crippen molar-refractivity contribution < 1.29 is 9.00 Å². The van der Waals surface area contributed by atoms with Crippen LogP contribution >= 0.6 is 0 Å². The summed E-state index contributed by atoms with van der Waals surface area (Å²) in [6.07, 6.45) is 2.50. The summed E-state index contributed by atoms with van der Waals surface area (Å²) in [5.41, 5.74) is 5.76. The van der Waals surface area contributed by atoms with Crippen LogP contribution in [0.4, 0.5) is 0 Å². The zero-order valence-corrected chi connectivity index (χ0v) is 10.8. The van der Waals surface area contributed by atoms with Gasteiger partial charge in [-0.15, -0.1) is 0 Å². The predicted octanol–water partition coefficient (Wildman–Crippen LogP) is 0.243. The van der Waals surface area contributed by atoms with E-state index in [4.69, 9.17) is 5.73 Å². The molecule has 3 unspecified atom stereocenters. The molecule has 0 rings (SSSR count). The first-order chi connectivity index (χ1) is 6.88. The third-order valence-electron chi connectivity index (χ3n) is 2.43. The van der Waals surface area contributed by atoms with Crippen molar-refractivity contribution in [3.8, 4) is 0 Å². The fraction of sp³-hybridized carbons (Fsp3) is 0.900. The first kappa shape index (κ1) is 14.6. The highest BCUT2D eigenvalue weighted by molar-refractivity contribution is 7.84. The van der Waals surface area contributed by atoms with Crippen LogP contribution in [-0.2, 0) is 15.6 Å². The highest BCUT2D eigenvalue weighted by atomic mass is 32.2. The second kappa shape index (κ2) is 6.95. The molecule has 0 aromatic carbocycles. The second-order valence-corrected chi connectivity index (χ2v) is 5.54. The summed E-state index contributed by atoms with van der Waals surface area (Å²) in [7, 11) is -0.893. The van der Waals surface area contributed by atoms with Crippen LogP contribution in [0.25, 0.3) is 0 Å². The van der Waals surface area contributed by atoms with Crippen LogP contribution in [0, 0.1) is 5.92 Å². The van der Waals surface area contributed by atoms with Crippen LogP contribution in [0.3, 0.4) is 0 Å². The number of carbonyl (C=O) groups is 1.